The number of fused-ring (bicyclic) bond motifs is 2. The molecule has 0 radical (unpaired) electrons. The first-order valence-corrected chi connectivity index (χ1v) is 8.61. The summed E-state index contributed by atoms with van der Waals surface area (Å²) in [6.07, 6.45) is 2.81. The van der Waals surface area contributed by atoms with Crippen LogP contribution in [0.2, 0.25) is 0 Å². The summed E-state index contributed by atoms with van der Waals surface area (Å²) in [5.74, 6) is -1.10. The Morgan fingerprint density at radius 2 is 1.89 bits per heavy atom. The Kier molecular flexibility index (Phi) is 4.02. The highest BCUT2D eigenvalue weighted by molar-refractivity contribution is 6.26. The lowest BCUT2D eigenvalue weighted by Gasteiger charge is -2.23. The molecule has 2 aliphatic rings. The van der Waals surface area contributed by atoms with Gasteiger partial charge in [-0.05, 0) is 43.3 Å². The Morgan fingerprint density at radius 3 is 2.63 bits per heavy atom. The fourth-order valence-electron chi connectivity index (χ4n) is 3.31. The van der Waals surface area contributed by atoms with Gasteiger partial charge in [0.05, 0.1) is 5.11 Å². The molecule has 1 fully saturated rings. The number of carbonyl (C=O) groups is 3. The number of urea groups is 1. The molecule has 2 heterocycles. The molecule has 0 N–H and O–H groups in total. The van der Waals surface area contributed by atoms with Gasteiger partial charge in [0.2, 0.25) is 17.3 Å². The minimum atomic E-state index is -0.594. The number of nitrogens with zero attached hydrogens (tertiary/aromatic N) is 6. The van der Waals surface area contributed by atoms with Gasteiger partial charge in [-0.2, -0.15) is 0 Å². The van der Waals surface area contributed by atoms with Gasteiger partial charge in [0.15, 0.2) is 10.9 Å². The summed E-state index contributed by atoms with van der Waals surface area (Å²) in [6, 6.07) is 4.21. The van der Waals surface area contributed by atoms with E-state index in [4.69, 9.17) is 0 Å². The van der Waals surface area contributed by atoms with Crippen molar-refractivity contribution in [2.45, 2.75) is 26.2 Å². The summed E-state index contributed by atoms with van der Waals surface area (Å²) in [5.41, 5.74) is 0.567. The number of amides is 2. The molecule has 4 rings (SSSR count). The Balaban J connectivity index is 1.71. The van der Waals surface area contributed by atoms with Crippen molar-refractivity contribution in [2.24, 2.45) is 10.3 Å². The molecule has 0 spiro atoms. The lowest BCUT2D eigenvalue weighted by molar-refractivity contribution is -0.748. The largest absolute Gasteiger partial charge is 0.672 e. The van der Waals surface area contributed by atoms with Crippen LogP contribution in [-0.2, 0) is 0 Å². The molecule has 2 aromatic rings. The van der Waals surface area contributed by atoms with Crippen LogP contribution in [0.5, 0.6) is 0 Å². The number of aryl methyl sites for hydroxylation is 1. The van der Waals surface area contributed by atoms with Gasteiger partial charge in [-0.15, -0.1) is 0 Å². The van der Waals surface area contributed by atoms with Crippen molar-refractivity contribution in [1.82, 2.24) is 14.8 Å². The van der Waals surface area contributed by atoms with E-state index < -0.39 is 17.6 Å². The summed E-state index contributed by atoms with van der Waals surface area (Å²) in [6.45, 7) is 2.93. The number of piperidine rings is 1. The fraction of sp³-hybridized carbons (Fsp3) is 0.353. The van der Waals surface area contributed by atoms with E-state index in [1.807, 2.05) is 0 Å². The number of carbonyl (C=O) groups excluding carboxylic acids is 3. The third-order valence-corrected chi connectivity index (χ3v) is 4.71. The number of hydrogen-bond acceptors (Lipinski definition) is 6. The van der Waals surface area contributed by atoms with E-state index in [1.165, 1.54) is 11.0 Å². The number of benzene rings is 1. The highest BCUT2D eigenvalue weighted by Crippen LogP contribution is 2.26. The van der Waals surface area contributed by atoms with Crippen molar-refractivity contribution in [3.63, 3.8) is 0 Å². The van der Waals surface area contributed by atoms with Crippen molar-refractivity contribution in [1.29, 1.82) is 0 Å². The SMILES string of the molecule is Cc1ccc2c(c1)C(=O)c1c(n[n+]([O-])n1N=NC(=O)N1CCCCC1)C2=O. The molecule has 10 nitrogen and oxygen atoms in total. The van der Waals surface area contributed by atoms with E-state index in [1.54, 1.807) is 19.1 Å². The molecule has 0 bridgehead atoms. The fourth-order valence-corrected chi connectivity index (χ4v) is 3.31. The standard InChI is InChI=1S/C17H16N6O4/c1-10-5-6-11-12(9-10)16(25)14-13(15(11)24)19-23(27)22(14)20-18-17(26)21-7-3-2-4-8-21/h5-6,9H,2-4,7-8H2,1H3. The van der Waals surface area contributed by atoms with Gasteiger partial charge in [-0.3, -0.25) is 9.59 Å². The normalized spacial score (nSPS) is 16.6. The average molecular weight is 368 g/mol. The topological polar surface area (TPSA) is 124 Å². The average Bonchev–Trinajstić information content (AvgIpc) is 3.01. The van der Waals surface area contributed by atoms with Crippen molar-refractivity contribution in [3.8, 4) is 0 Å². The lowest BCUT2D eigenvalue weighted by Crippen LogP contribution is -2.39. The molecule has 0 saturated carbocycles. The van der Waals surface area contributed by atoms with Crippen LogP contribution in [0.4, 0.5) is 4.79 Å². The maximum absolute atomic E-state index is 12.8. The minimum Gasteiger partial charge on any atom is -0.672 e. The number of hydrogen-bond donors (Lipinski definition) is 0. The summed E-state index contributed by atoms with van der Waals surface area (Å²) < 4.78 is 0. The maximum atomic E-state index is 12.8. The van der Waals surface area contributed by atoms with Gasteiger partial charge < -0.3 is 10.1 Å². The first kappa shape index (κ1) is 17.0. The summed E-state index contributed by atoms with van der Waals surface area (Å²) >= 11 is 0. The molecule has 1 aliphatic heterocycles. The summed E-state index contributed by atoms with van der Waals surface area (Å²) in [5, 5.41) is 22.8. The van der Waals surface area contributed by atoms with E-state index in [-0.39, 0.29) is 27.5 Å². The van der Waals surface area contributed by atoms with Crippen LogP contribution in [0.1, 0.15) is 56.9 Å². The van der Waals surface area contributed by atoms with Crippen molar-refractivity contribution in [3.05, 3.63) is 51.5 Å². The van der Waals surface area contributed by atoms with E-state index in [2.05, 4.69) is 15.4 Å². The number of likely N-dealkylation sites (tertiary alicyclic amines) is 1. The summed E-state index contributed by atoms with van der Waals surface area (Å²) in [7, 11) is 0. The van der Waals surface area contributed by atoms with Gasteiger partial charge >= 0.3 is 6.03 Å². The van der Waals surface area contributed by atoms with Crippen LogP contribution < -0.4 is 4.96 Å². The molecule has 1 aliphatic carbocycles. The molecule has 27 heavy (non-hydrogen) atoms. The molecule has 1 aromatic carbocycles. The Bertz CT molecular complexity index is 1000. The second kappa shape index (κ2) is 6.38. The monoisotopic (exact) mass is 368 g/mol. The molecule has 10 heteroatoms. The van der Waals surface area contributed by atoms with E-state index in [0.29, 0.717) is 17.9 Å². The molecule has 138 valence electrons. The number of rotatable bonds is 1. The Morgan fingerprint density at radius 1 is 1.15 bits per heavy atom. The number of aromatic nitrogens is 3. The summed E-state index contributed by atoms with van der Waals surface area (Å²) in [4.78, 5) is 39.6. The van der Waals surface area contributed by atoms with Crippen LogP contribution in [0.3, 0.4) is 0 Å². The molecular formula is C17H16N6O4. The maximum Gasteiger partial charge on any atom is 0.386 e. The van der Waals surface area contributed by atoms with Gasteiger partial charge in [-0.25, -0.2) is 4.79 Å². The quantitative estimate of drug-likeness (QED) is 0.365. The van der Waals surface area contributed by atoms with Gasteiger partial charge in [0, 0.05) is 29.0 Å². The van der Waals surface area contributed by atoms with Crippen molar-refractivity contribution in [2.75, 3.05) is 13.1 Å². The lowest BCUT2D eigenvalue weighted by atomic mass is 9.89. The Hall–Kier alpha value is -3.43. The van der Waals surface area contributed by atoms with E-state index in [9.17, 15) is 19.6 Å². The van der Waals surface area contributed by atoms with Crippen LogP contribution in [-0.4, -0.2) is 45.5 Å². The first-order chi connectivity index (χ1) is 13.0. The molecule has 0 unspecified atom stereocenters. The van der Waals surface area contributed by atoms with Crippen LogP contribution in [0.15, 0.2) is 28.5 Å². The van der Waals surface area contributed by atoms with Crippen LogP contribution in [0.25, 0.3) is 0 Å². The van der Waals surface area contributed by atoms with Gasteiger partial charge in [0.25, 0.3) is 0 Å². The predicted octanol–water partition coefficient (Wildman–Crippen LogP) is 1.42. The zero-order chi connectivity index (χ0) is 19.1. The molecule has 2 amide bonds. The number of ketones is 2. The third-order valence-electron chi connectivity index (χ3n) is 4.71. The van der Waals surface area contributed by atoms with Gasteiger partial charge in [-0.1, -0.05) is 16.7 Å². The second-order valence-corrected chi connectivity index (χ2v) is 6.57. The molecular weight excluding hydrogens is 352 g/mol. The zero-order valence-electron chi connectivity index (χ0n) is 14.6. The molecule has 1 aromatic heterocycles. The third kappa shape index (κ3) is 2.78. The minimum absolute atomic E-state index is 0.00775. The smallest absolute Gasteiger partial charge is 0.386 e. The molecule has 1 saturated heterocycles. The van der Waals surface area contributed by atoms with Crippen molar-refractivity contribution < 1.29 is 19.3 Å². The van der Waals surface area contributed by atoms with Crippen LogP contribution >= 0.6 is 0 Å². The zero-order valence-corrected chi connectivity index (χ0v) is 14.6. The van der Waals surface area contributed by atoms with Gasteiger partial charge in [0.1, 0.15) is 0 Å². The predicted molar refractivity (Wildman–Crippen MR) is 90.3 cm³/mol. The highest BCUT2D eigenvalue weighted by atomic mass is 16.5. The van der Waals surface area contributed by atoms with Crippen molar-refractivity contribution >= 4 is 17.6 Å². The second-order valence-electron chi connectivity index (χ2n) is 6.57. The highest BCUT2D eigenvalue weighted by Gasteiger charge is 2.39. The first-order valence-electron chi connectivity index (χ1n) is 8.61. The van der Waals surface area contributed by atoms with Crippen LogP contribution in [0, 0.1) is 12.1 Å². The van der Waals surface area contributed by atoms with E-state index >= 15 is 0 Å². The van der Waals surface area contributed by atoms with E-state index in [0.717, 1.165) is 24.8 Å². The molecule has 0 atom stereocenters. The Labute approximate surface area is 153 Å².